The second-order valence-electron chi connectivity index (χ2n) is 4.57. The van der Waals surface area contributed by atoms with Gasteiger partial charge in [-0.15, -0.1) is 0 Å². The highest BCUT2D eigenvalue weighted by Crippen LogP contribution is 2.17. The van der Waals surface area contributed by atoms with Crippen LogP contribution in [0.4, 0.5) is 5.69 Å². The van der Waals surface area contributed by atoms with Crippen molar-refractivity contribution >= 4 is 5.69 Å². The molecule has 0 radical (unpaired) electrons. The molecule has 16 heavy (non-hydrogen) atoms. The third-order valence-electron chi connectivity index (χ3n) is 3.26. The van der Waals surface area contributed by atoms with Crippen molar-refractivity contribution in [1.82, 2.24) is 4.90 Å². The zero-order valence-electron chi connectivity index (χ0n) is 10.2. The SMILES string of the molecule is CCCCCN1CCN(c2ccccc2)C1. The van der Waals surface area contributed by atoms with Crippen LogP contribution in [0.2, 0.25) is 0 Å². The minimum atomic E-state index is 1.10. The first-order valence-corrected chi connectivity index (χ1v) is 6.42. The Balaban J connectivity index is 1.79. The van der Waals surface area contributed by atoms with Gasteiger partial charge >= 0.3 is 0 Å². The van der Waals surface area contributed by atoms with Crippen LogP contribution in [-0.4, -0.2) is 31.2 Å². The molecule has 2 rings (SSSR count). The quantitative estimate of drug-likeness (QED) is 0.701. The molecule has 1 fully saturated rings. The van der Waals surface area contributed by atoms with E-state index in [4.69, 9.17) is 0 Å². The van der Waals surface area contributed by atoms with Gasteiger partial charge in [0.15, 0.2) is 0 Å². The smallest absolute Gasteiger partial charge is 0.0708 e. The van der Waals surface area contributed by atoms with Crippen molar-refractivity contribution in [3.63, 3.8) is 0 Å². The van der Waals surface area contributed by atoms with Crippen LogP contribution in [0.25, 0.3) is 0 Å². The molecule has 0 N–H and O–H groups in total. The van der Waals surface area contributed by atoms with Crippen LogP contribution in [0.5, 0.6) is 0 Å². The summed E-state index contributed by atoms with van der Waals surface area (Å²) in [5.74, 6) is 0. The van der Waals surface area contributed by atoms with Gasteiger partial charge in [-0.3, -0.25) is 4.90 Å². The minimum absolute atomic E-state index is 1.10. The Hall–Kier alpha value is -1.02. The van der Waals surface area contributed by atoms with Gasteiger partial charge in [-0.1, -0.05) is 38.0 Å². The summed E-state index contributed by atoms with van der Waals surface area (Å²) in [4.78, 5) is 5.02. The van der Waals surface area contributed by atoms with Crippen molar-refractivity contribution in [2.45, 2.75) is 26.2 Å². The van der Waals surface area contributed by atoms with Crippen molar-refractivity contribution in [1.29, 1.82) is 0 Å². The van der Waals surface area contributed by atoms with Crippen LogP contribution in [0.1, 0.15) is 26.2 Å². The van der Waals surface area contributed by atoms with E-state index in [-0.39, 0.29) is 0 Å². The molecule has 2 nitrogen and oxygen atoms in total. The van der Waals surface area contributed by atoms with E-state index < -0.39 is 0 Å². The number of hydrogen-bond donors (Lipinski definition) is 0. The van der Waals surface area contributed by atoms with Crippen LogP contribution >= 0.6 is 0 Å². The highest BCUT2D eigenvalue weighted by Gasteiger charge is 2.18. The molecule has 0 aliphatic carbocycles. The second kappa shape index (κ2) is 5.90. The molecular formula is C14H22N2. The summed E-state index contributed by atoms with van der Waals surface area (Å²) < 4.78 is 0. The summed E-state index contributed by atoms with van der Waals surface area (Å²) in [6.07, 6.45) is 4.03. The topological polar surface area (TPSA) is 6.48 Å². The maximum atomic E-state index is 2.56. The van der Waals surface area contributed by atoms with Gasteiger partial charge in [0.1, 0.15) is 0 Å². The Morgan fingerprint density at radius 2 is 1.88 bits per heavy atom. The van der Waals surface area contributed by atoms with Crippen LogP contribution in [0, 0.1) is 0 Å². The fraction of sp³-hybridized carbons (Fsp3) is 0.571. The number of unbranched alkanes of at least 4 members (excludes halogenated alkanes) is 2. The molecule has 1 aliphatic rings. The molecule has 0 bridgehead atoms. The van der Waals surface area contributed by atoms with Crippen LogP contribution in [-0.2, 0) is 0 Å². The molecule has 0 atom stereocenters. The summed E-state index contributed by atoms with van der Waals surface area (Å²) >= 11 is 0. The van der Waals surface area contributed by atoms with Crippen LogP contribution in [0.15, 0.2) is 30.3 Å². The fourth-order valence-electron chi connectivity index (χ4n) is 2.26. The molecule has 88 valence electrons. The average Bonchev–Trinajstić information content (AvgIpc) is 2.79. The summed E-state index contributed by atoms with van der Waals surface area (Å²) in [5.41, 5.74) is 1.36. The first kappa shape index (κ1) is 11.5. The lowest BCUT2D eigenvalue weighted by atomic mass is 10.2. The normalized spacial score (nSPS) is 16.9. The van der Waals surface area contributed by atoms with E-state index in [9.17, 15) is 0 Å². The van der Waals surface area contributed by atoms with Crippen molar-refractivity contribution < 1.29 is 0 Å². The molecule has 0 aromatic heterocycles. The van der Waals surface area contributed by atoms with Gasteiger partial charge in [0.05, 0.1) is 6.67 Å². The number of rotatable bonds is 5. The van der Waals surface area contributed by atoms with E-state index in [1.807, 2.05) is 0 Å². The Morgan fingerprint density at radius 3 is 2.62 bits per heavy atom. The predicted molar refractivity (Wildman–Crippen MR) is 69.8 cm³/mol. The lowest BCUT2D eigenvalue weighted by Crippen LogP contribution is -2.26. The molecule has 1 aromatic rings. The highest BCUT2D eigenvalue weighted by molar-refractivity contribution is 5.46. The first-order valence-electron chi connectivity index (χ1n) is 6.42. The Kier molecular flexibility index (Phi) is 4.23. The second-order valence-corrected chi connectivity index (χ2v) is 4.57. The van der Waals surface area contributed by atoms with E-state index in [1.54, 1.807) is 0 Å². The monoisotopic (exact) mass is 218 g/mol. The predicted octanol–water partition coefficient (Wildman–Crippen LogP) is 2.96. The van der Waals surface area contributed by atoms with E-state index in [0.29, 0.717) is 0 Å². The fourth-order valence-corrected chi connectivity index (χ4v) is 2.26. The van der Waals surface area contributed by atoms with E-state index in [1.165, 1.54) is 44.6 Å². The van der Waals surface area contributed by atoms with Gasteiger partial charge in [0.25, 0.3) is 0 Å². The molecule has 1 aliphatic heterocycles. The number of anilines is 1. The summed E-state index contributed by atoms with van der Waals surface area (Å²) in [6, 6.07) is 10.7. The Labute approximate surface area is 98.9 Å². The molecule has 1 aromatic carbocycles. The van der Waals surface area contributed by atoms with Gasteiger partial charge < -0.3 is 4.90 Å². The molecule has 0 amide bonds. The number of para-hydroxylation sites is 1. The average molecular weight is 218 g/mol. The number of nitrogens with zero attached hydrogens (tertiary/aromatic N) is 2. The molecule has 2 heteroatoms. The van der Waals surface area contributed by atoms with Gasteiger partial charge in [0.2, 0.25) is 0 Å². The maximum Gasteiger partial charge on any atom is 0.0708 e. The van der Waals surface area contributed by atoms with Crippen molar-refractivity contribution in [2.24, 2.45) is 0 Å². The van der Waals surface area contributed by atoms with E-state index in [0.717, 1.165) is 6.67 Å². The zero-order valence-corrected chi connectivity index (χ0v) is 10.2. The van der Waals surface area contributed by atoms with Crippen molar-refractivity contribution in [2.75, 3.05) is 31.2 Å². The zero-order chi connectivity index (χ0) is 11.2. The molecular weight excluding hydrogens is 196 g/mol. The largest absolute Gasteiger partial charge is 0.357 e. The van der Waals surface area contributed by atoms with Crippen LogP contribution in [0.3, 0.4) is 0 Å². The standard InChI is InChI=1S/C14H22N2/c1-2-3-7-10-15-11-12-16(13-15)14-8-5-4-6-9-14/h4-6,8-9H,2-3,7,10-13H2,1H3. The molecule has 0 saturated carbocycles. The van der Waals surface area contributed by atoms with E-state index in [2.05, 4.69) is 47.1 Å². The van der Waals surface area contributed by atoms with Crippen molar-refractivity contribution in [3.8, 4) is 0 Å². The summed E-state index contributed by atoms with van der Waals surface area (Å²) in [6.45, 7) is 7.03. The first-order chi connectivity index (χ1) is 7.90. The van der Waals surface area contributed by atoms with Crippen LogP contribution < -0.4 is 4.90 Å². The Morgan fingerprint density at radius 1 is 1.06 bits per heavy atom. The number of hydrogen-bond acceptors (Lipinski definition) is 2. The lowest BCUT2D eigenvalue weighted by molar-refractivity contribution is 0.332. The molecule has 0 unspecified atom stereocenters. The lowest BCUT2D eigenvalue weighted by Gasteiger charge is -2.19. The third kappa shape index (κ3) is 2.99. The maximum absolute atomic E-state index is 2.56. The van der Waals surface area contributed by atoms with Crippen molar-refractivity contribution in [3.05, 3.63) is 30.3 Å². The number of benzene rings is 1. The molecule has 1 saturated heterocycles. The summed E-state index contributed by atoms with van der Waals surface area (Å²) in [5, 5.41) is 0. The Bertz CT molecular complexity index is 297. The molecule has 1 heterocycles. The van der Waals surface area contributed by atoms with Gasteiger partial charge in [-0.25, -0.2) is 0 Å². The summed E-state index contributed by atoms with van der Waals surface area (Å²) in [7, 11) is 0. The van der Waals surface area contributed by atoms with Gasteiger partial charge in [-0.05, 0) is 25.1 Å². The van der Waals surface area contributed by atoms with Gasteiger partial charge in [0, 0.05) is 18.8 Å². The van der Waals surface area contributed by atoms with Gasteiger partial charge in [-0.2, -0.15) is 0 Å². The highest BCUT2D eigenvalue weighted by atomic mass is 15.4. The third-order valence-corrected chi connectivity index (χ3v) is 3.26. The van der Waals surface area contributed by atoms with E-state index >= 15 is 0 Å². The minimum Gasteiger partial charge on any atom is -0.357 e. The molecule has 0 spiro atoms.